The second kappa shape index (κ2) is 7.75. The van der Waals surface area contributed by atoms with Gasteiger partial charge in [0.05, 0.1) is 6.42 Å². The fourth-order valence-corrected chi connectivity index (χ4v) is 3.35. The molecule has 0 saturated carbocycles. The Hall–Kier alpha value is -2.14. The normalized spacial score (nSPS) is 12.0. The van der Waals surface area contributed by atoms with Crippen LogP contribution in [-0.2, 0) is 16.0 Å². The van der Waals surface area contributed by atoms with Crippen molar-refractivity contribution in [3.63, 3.8) is 0 Å². The molecule has 0 saturated heterocycles. The monoisotopic (exact) mass is 317 g/mol. The molecule has 116 valence electrons. The van der Waals surface area contributed by atoms with Crippen molar-refractivity contribution in [2.24, 2.45) is 0 Å². The molecule has 0 unspecified atom stereocenters. The summed E-state index contributed by atoms with van der Waals surface area (Å²) in [7, 11) is 0. The van der Waals surface area contributed by atoms with Crippen LogP contribution in [0.25, 0.3) is 10.1 Å². The Morgan fingerprint density at radius 2 is 2.14 bits per heavy atom. The quantitative estimate of drug-likeness (QED) is 0.734. The zero-order valence-corrected chi connectivity index (χ0v) is 13.1. The predicted octanol–water partition coefficient (Wildman–Crippen LogP) is 3.37. The number of carbonyl (C=O) groups is 2. The number of benzene rings is 1. The molecule has 2 rings (SSSR count). The molecule has 1 aromatic heterocycles. The molecule has 0 aliphatic heterocycles. The van der Waals surface area contributed by atoms with Gasteiger partial charge in [-0.1, -0.05) is 24.3 Å². The van der Waals surface area contributed by atoms with Gasteiger partial charge in [-0.05, 0) is 35.2 Å². The Balaban J connectivity index is 2.10. The molecule has 22 heavy (non-hydrogen) atoms. The van der Waals surface area contributed by atoms with Crippen LogP contribution in [0.5, 0.6) is 0 Å². The van der Waals surface area contributed by atoms with Gasteiger partial charge in [-0.15, -0.1) is 17.9 Å². The van der Waals surface area contributed by atoms with Crippen LogP contribution in [-0.4, -0.2) is 23.0 Å². The summed E-state index contributed by atoms with van der Waals surface area (Å²) >= 11 is 1.63. The van der Waals surface area contributed by atoms with E-state index in [1.807, 2.05) is 29.6 Å². The lowest BCUT2D eigenvalue weighted by Gasteiger charge is -2.16. The van der Waals surface area contributed by atoms with Gasteiger partial charge >= 0.3 is 5.97 Å². The number of hydrogen-bond donors (Lipinski definition) is 2. The predicted molar refractivity (Wildman–Crippen MR) is 89.1 cm³/mol. The fourth-order valence-electron chi connectivity index (χ4n) is 2.37. The number of nitrogens with one attached hydrogen (secondary N) is 1. The Morgan fingerprint density at radius 1 is 1.36 bits per heavy atom. The van der Waals surface area contributed by atoms with Gasteiger partial charge in [-0.3, -0.25) is 9.59 Å². The number of aliphatic carboxylic acids is 1. The third-order valence-corrected chi connectivity index (χ3v) is 4.40. The highest BCUT2D eigenvalue weighted by Crippen LogP contribution is 2.26. The maximum absolute atomic E-state index is 11.8. The first-order chi connectivity index (χ1) is 10.6. The number of carbonyl (C=O) groups excluding carboxylic acids is 1. The van der Waals surface area contributed by atoms with E-state index in [1.165, 1.54) is 4.70 Å². The highest BCUT2D eigenvalue weighted by atomic mass is 32.1. The van der Waals surface area contributed by atoms with Gasteiger partial charge in [-0.2, -0.15) is 0 Å². The minimum Gasteiger partial charge on any atom is -0.481 e. The van der Waals surface area contributed by atoms with E-state index in [2.05, 4.69) is 11.9 Å². The van der Waals surface area contributed by atoms with Crippen molar-refractivity contribution < 1.29 is 14.7 Å². The Bertz CT molecular complexity index is 677. The lowest BCUT2D eigenvalue weighted by atomic mass is 10.0. The third kappa shape index (κ3) is 4.43. The SMILES string of the molecule is C=CCCC(=O)N[C@@H](CC(=O)O)Cc1csc2ccccc12. The van der Waals surface area contributed by atoms with Crippen molar-refractivity contribution in [3.8, 4) is 0 Å². The number of amides is 1. The fraction of sp³-hybridized carbons (Fsp3) is 0.294. The van der Waals surface area contributed by atoms with Crippen LogP contribution in [0.1, 0.15) is 24.8 Å². The molecule has 1 atom stereocenters. The second-order valence-corrected chi connectivity index (χ2v) is 6.06. The molecular formula is C17H19NO3S. The van der Waals surface area contributed by atoms with Crippen LogP contribution >= 0.6 is 11.3 Å². The van der Waals surface area contributed by atoms with Crippen LogP contribution in [0.3, 0.4) is 0 Å². The van der Waals surface area contributed by atoms with Crippen LogP contribution in [0.4, 0.5) is 0 Å². The number of allylic oxidation sites excluding steroid dienone is 1. The molecule has 0 spiro atoms. The molecule has 1 heterocycles. The standard InChI is InChI=1S/C17H19NO3S/c1-2-3-8-16(19)18-13(10-17(20)21)9-12-11-22-15-7-5-4-6-14(12)15/h2,4-7,11,13H,1,3,8-10H2,(H,18,19)(H,20,21)/t13-/m1/s1. The van der Waals surface area contributed by atoms with Gasteiger partial charge in [0.1, 0.15) is 0 Å². The van der Waals surface area contributed by atoms with E-state index in [0.717, 1.165) is 10.9 Å². The number of rotatable bonds is 8. The summed E-state index contributed by atoms with van der Waals surface area (Å²) in [5, 5.41) is 15.0. The summed E-state index contributed by atoms with van der Waals surface area (Å²) in [6.07, 6.45) is 3.05. The largest absolute Gasteiger partial charge is 0.481 e. The lowest BCUT2D eigenvalue weighted by molar-refractivity contribution is -0.137. The highest BCUT2D eigenvalue weighted by Gasteiger charge is 2.18. The second-order valence-electron chi connectivity index (χ2n) is 5.15. The molecule has 0 aliphatic carbocycles. The third-order valence-electron chi connectivity index (χ3n) is 3.39. The van der Waals surface area contributed by atoms with E-state index in [-0.39, 0.29) is 12.3 Å². The molecule has 5 heteroatoms. The molecule has 2 N–H and O–H groups in total. The van der Waals surface area contributed by atoms with Crippen LogP contribution in [0.15, 0.2) is 42.3 Å². The number of fused-ring (bicyclic) bond motifs is 1. The van der Waals surface area contributed by atoms with E-state index >= 15 is 0 Å². The first-order valence-corrected chi connectivity index (χ1v) is 8.05. The Morgan fingerprint density at radius 3 is 2.86 bits per heavy atom. The van der Waals surface area contributed by atoms with E-state index < -0.39 is 12.0 Å². The summed E-state index contributed by atoms with van der Waals surface area (Å²) in [4.78, 5) is 22.9. The number of thiophene rings is 1. The summed E-state index contributed by atoms with van der Waals surface area (Å²) in [6, 6.07) is 7.62. The van der Waals surface area contributed by atoms with E-state index in [9.17, 15) is 9.59 Å². The molecule has 0 radical (unpaired) electrons. The number of carboxylic acid groups (broad SMARTS) is 1. The number of hydrogen-bond acceptors (Lipinski definition) is 3. The van der Waals surface area contributed by atoms with Gasteiger partial charge in [0.25, 0.3) is 0 Å². The average Bonchev–Trinajstić information content (AvgIpc) is 2.88. The molecule has 0 fully saturated rings. The van der Waals surface area contributed by atoms with Gasteiger partial charge in [-0.25, -0.2) is 0 Å². The van der Waals surface area contributed by atoms with Gasteiger partial charge < -0.3 is 10.4 Å². The van der Waals surface area contributed by atoms with Crippen LogP contribution in [0, 0.1) is 0 Å². The summed E-state index contributed by atoms with van der Waals surface area (Å²) in [5.74, 6) is -1.04. The van der Waals surface area contributed by atoms with Crippen molar-refractivity contribution in [3.05, 3.63) is 47.9 Å². The summed E-state index contributed by atoms with van der Waals surface area (Å²) in [6.45, 7) is 3.58. The van der Waals surface area contributed by atoms with Gasteiger partial charge in [0.2, 0.25) is 5.91 Å². The first kappa shape index (κ1) is 16.2. The van der Waals surface area contributed by atoms with Crippen molar-refractivity contribution in [1.29, 1.82) is 0 Å². The zero-order valence-electron chi connectivity index (χ0n) is 12.2. The molecule has 1 aromatic carbocycles. The van der Waals surface area contributed by atoms with E-state index in [4.69, 9.17) is 5.11 Å². The topological polar surface area (TPSA) is 66.4 Å². The lowest BCUT2D eigenvalue weighted by Crippen LogP contribution is -2.37. The smallest absolute Gasteiger partial charge is 0.305 e. The first-order valence-electron chi connectivity index (χ1n) is 7.17. The Kier molecular flexibility index (Phi) is 5.72. The van der Waals surface area contributed by atoms with Gasteiger partial charge in [0, 0.05) is 17.2 Å². The number of carboxylic acids is 1. The maximum atomic E-state index is 11.8. The molecule has 4 nitrogen and oxygen atoms in total. The zero-order chi connectivity index (χ0) is 15.9. The summed E-state index contributed by atoms with van der Waals surface area (Å²) in [5.41, 5.74) is 1.08. The minimum absolute atomic E-state index is 0.0794. The van der Waals surface area contributed by atoms with E-state index in [1.54, 1.807) is 17.4 Å². The molecular weight excluding hydrogens is 298 g/mol. The average molecular weight is 317 g/mol. The molecule has 0 bridgehead atoms. The Labute approximate surface area is 133 Å². The van der Waals surface area contributed by atoms with Crippen LogP contribution < -0.4 is 5.32 Å². The van der Waals surface area contributed by atoms with Gasteiger partial charge in [0.15, 0.2) is 0 Å². The van der Waals surface area contributed by atoms with Crippen LogP contribution in [0.2, 0.25) is 0 Å². The van der Waals surface area contributed by atoms with Crippen molar-refractivity contribution >= 4 is 33.3 Å². The van der Waals surface area contributed by atoms with E-state index in [0.29, 0.717) is 19.3 Å². The van der Waals surface area contributed by atoms with Crippen molar-refractivity contribution in [2.45, 2.75) is 31.7 Å². The summed E-state index contributed by atoms with van der Waals surface area (Å²) < 4.78 is 1.17. The van der Waals surface area contributed by atoms with Crippen molar-refractivity contribution in [1.82, 2.24) is 5.32 Å². The maximum Gasteiger partial charge on any atom is 0.305 e. The minimum atomic E-state index is -0.909. The highest BCUT2D eigenvalue weighted by molar-refractivity contribution is 7.17. The van der Waals surface area contributed by atoms with Crippen molar-refractivity contribution in [2.75, 3.05) is 0 Å². The molecule has 2 aromatic rings. The molecule has 1 amide bonds. The molecule has 0 aliphatic rings.